The second kappa shape index (κ2) is 12.4. The molecule has 2 amide bonds. The summed E-state index contributed by atoms with van der Waals surface area (Å²) >= 11 is 0. The number of hydrogen-bond donors (Lipinski definition) is 1. The standard InChI is InChI=1S/C28H40N4O2/c1-9-30-22(6)21(5)24-12-14-25(15-13-24)23(7)31-27(33)26-11-10-16-32(26)28(34)20(4)18(2)17-19(3)29-8/h9,12-15,17,20,23,26H,10-11,16H2,1-8H3,(H,31,33)/b18-17+,22-21+,29-19-,30-9-. The molecule has 1 aromatic rings. The zero-order valence-corrected chi connectivity index (χ0v) is 22.0. The van der Waals surface area contributed by atoms with E-state index in [4.69, 9.17) is 0 Å². The van der Waals surface area contributed by atoms with Crippen LogP contribution in [0.4, 0.5) is 0 Å². The van der Waals surface area contributed by atoms with Crippen LogP contribution in [0.25, 0.3) is 5.57 Å². The Morgan fingerprint density at radius 1 is 1.12 bits per heavy atom. The molecule has 0 saturated carbocycles. The summed E-state index contributed by atoms with van der Waals surface area (Å²) in [6.07, 6.45) is 5.26. The number of likely N-dealkylation sites (tertiary alicyclic amines) is 1. The Bertz CT molecular complexity index is 1000. The lowest BCUT2D eigenvalue weighted by Crippen LogP contribution is -2.48. The van der Waals surface area contributed by atoms with E-state index < -0.39 is 6.04 Å². The number of carbonyl (C=O) groups is 2. The summed E-state index contributed by atoms with van der Waals surface area (Å²) in [6.45, 7) is 14.3. The Morgan fingerprint density at radius 2 is 1.76 bits per heavy atom. The van der Waals surface area contributed by atoms with E-state index in [1.54, 1.807) is 18.2 Å². The second-order valence-corrected chi connectivity index (χ2v) is 9.11. The van der Waals surface area contributed by atoms with Gasteiger partial charge in [-0.25, -0.2) is 0 Å². The summed E-state index contributed by atoms with van der Waals surface area (Å²) in [5.41, 5.74) is 6.08. The van der Waals surface area contributed by atoms with E-state index in [9.17, 15) is 9.59 Å². The maximum atomic E-state index is 13.2. The average molecular weight is 465 g/mol. The van der Waals surface area contributed by atoms with Gasteiger partial charge in [-0.15, -0.1) is 0 Å². The SMILES string of the molecule is C/C=N\C(C)=C(/C)c1ccc(C(C)NC(=O)C2CCCN2C(=O)C(C)/C(C)=C/C(C)=N\C)cc1. The first-order chi connectivity index (χ1) is 16.1. The number of carbonyl (C=O) groups excluding carboxylic acids is 2. The van der Waals surface area contributed by atoms with Crippen LogP contribution in [-0.4, -0.2) is 48.3 Å². The van der Waals surface area contributed by atoms with Crippen LogP contribution < -0.4 is 5.32 Å². The van der Waals surface area contributed by atoms with E-state index in [1.165, 1.54) is 0 Å². The Kier molecular flexibility index (Phi) is 9.97. The van der Waals surface area contributed by atoms with Gasteiger partial charge in [0.1, 0.15) is 6.04 Å². The largest absolute Gasteiger partial charge is 0.348 e. The minimum Gasteiger partial charge on any atom is -0.348 e. The molecule has 1 aromatic carbocycles. The molecule has 6 heteroatoms. The number of hydrogen-bond acceptors (Lipinski definition) is 4. The first kappa shape index (κ1) is 27.2. The minimum absolute atomic E-state index is 0.000297. The third kappa shape index (κ3) is 6.75. The molecule has 1 N–H and O–H groups in total. The van der Waals surface area contributed by atoms with Crippen molar-refractivity contribution in [1.29, 1.82) is 0 Å². The molecule has 3 unspecified atom stereocenters. The van der Waals surface area contributed by atoms with Gasteiger partial charge >= 0.3 is 0 Å². The van der Waals surface area contributed by atoms with Crippen LogP contribution in [0.3, 0.4) is 0 Å². The van der Waals surface area contributed by atoms with Crippen LogP contribution in [0.5, 0.6) is 0 Å². The Morgan fingerprint density at radius 3 is 2.35 bits per heavy atom. The first-order valence-electron chi connectivity index (χ1n) is 12.1. The van der Waals surface area contributed by atoms with E-state index in [2.05, 4.69) is 34.4 Å². The van der Waals surface area contributed by atoms with Crippen molar-refractivity contribution in [2.75, 3.05) is 13.6 Å². The molecule has 0 bridgehead atoms. The fourth-order valence-corrected chi connectivity index (χ4v) is 4.18. The van der Waals surface area contributed by atoms with Gasteiger partial charge in [-0.2, -0.15) is 0 Å². The predicted molar refractivity (Wildman–Crippen MR) is 142 cm³/mol. The number of allylic oxidation sites excluding steroid dienone is 3. The molecule has 1 aliphatic heterocycles. The van der Waals surface area contributed by atoms with Crippen LogP contribution in [-0.2, 0) is 9.59 Å². The van der Waals surface area contributed by atoms with Crippen molar-refractivity contribution in [3.8, 4) is 0 Å². The van der Waals surface area contributed by atoms with Crippen LogP contribution in [0, 0.1) is 5.92 Å². The number of nitrogens with one attached hydrogen (secondary N) is 1. The van der Waals surface area contributed by atoms with Gasteiger partial charge in [0, 0.05) is 31.2 Å². The molecule has 0 radical (unpaired) electrons. The van der Waals surface area contributed by atoms with Crippen molar-refractivity contribution in [3.05, 3.63) is 52.7 Å². The van der Waals surface area contributed by atoms with Crippen molar-refractivity contribution in [3.63, 3.8) is 0 Å². The molecule has 2 rings (SSSR count). The van der Waals surface area contributed by atoms with Crippen molar-refractivity contribution in [1.82, 2.24) is 10.2 Å². The number of benzene rings is 1. The zero-order chi connectivity index (χ0) is 25.4. The van der Waals surface area contributed by atoms with Crippen LogP contribution >= 0.6 is 0 Å². The first-order valence-corrected chi connectivity index (χ1v) is 12.1. The third-order valence-electron chi connectivity index (χ3n) is 6.75. The minimum atomic E-state index is -0.426. The molecule has 1 heterocycles. The van der Waals surface area contributed by atoms with Crippen molar-refractivity contribution < 1.29 is 9.59 Å². The molecule has 184 valence electrons. The molecule has 1 fully saturated rings. The van der Waals surface area contributed by atoms with Gasteiger partial charge in [0.2, 0.25) is 11.8 Å². The molecule has 0 aliphatic carbocycles. The van der Waals surface area contributed by atoms with E-state index in [-0.39, 0.29) is 23.8 Å². The predicted octanol–water partition coefficient (Wildman–Crippen LogP) is 5.37. The Hall–Kier alpha value is -3.02. The highest BCUT2D eigenvalue weighted by molar-refractivity contribution is 5.95. The number of nitrogens with zero attached hydrogens (tertiary/aromatic N) is 3. The molecule has 1 saturated heterocycles. The Labute approximate surface area is 204 Å². The van der Waals surface area contributed by atoms with Crippen LogP contribution in [0.1, 0.15) is 78.5 Å². The summed E-state index contributed by atoms with van der Waals surface area (Å²) < 4.78 is 0. The molecule has 6 nitrogen and oxygen atoms in total. The van der Waals surface area contributed by atoms with Gasteiger partial charge in [-0.05, 0) is 84.1 Å². The summed E-state index contributed by atoms with van der Waals surface area (Å²) in [5.74, 6) is -0.377. The van der Waals surface area contributed by atoms with Gasteiger partial charge in [0.05, 0.1) is 12.0 Å². The van der Waals surface area contributed by atoms with Crippen LogP contribution in [0.15, 0.2) is 51.6 Å². The van der Waals surface area contributed by atoms with Gasteiger partial charge in [0.15, 0.2) is 0 Å². The highest BCUT2D eigenvalue weighted by atomic mass is 16.2. The average Bonchev–Trinajstić information content (AvgIpc) is 3.32. The molecular weight excluding hydrogens is 424 g/mol. The summed E-state index contributed by atoms with van der Waals surface area (Å²) in [5, 5.41) is 3.12. The van der Waals surface area contributed by atoms with Gasteiger partial charge < -0.3 is 10.2 Å². The molecule has 3 atom stereocenters. The zero-order valence-electron chi connectivity index (χ0n) is 22.0. The molecular formula is C28H40N4O2. The van der Waals surface area contributed by atoms with Gasteiger partial charge in [0.25, 0.3) is 0 Å². The topological polar surface area (TPSA) is 74.1 Å². The van der Waals surface area contributed by atoms with Crippen molar-refractivity contribution in [2.45, 2.75) is 73.4 Å². The maximum absolute atomic E-state index is 13.2. The number of aliphatic imine (C=N–C) groups is 2. The Balaban J connectivity index is 2.09. The van der Waals surface area contributed by atoms with Crippen LogP contribution in [0.2, 0.25) is 0 Å². The highest BCUT2D eigenvalue weighted by Crippen LogP contribution is 2.25. The van der Waals surface area contributed by atoms with Crippen molar-refractivity contribution >= 4 is 29.3 Å². The smallest absolute Gasteiger partial charge is 0.243 e. The normalized spacial score (nSPS) is 19.8. The third-order valence-corrected chi connectivity index (χ3v) is 6.75. The summed E-state index contributed by atoms with van der Waals surface area (Å²) in [6, 6.07) is 7.62. The van der Waals surface area contributed by atoms with E-state index in [0.717, 1.165) is 40.1 Å². The van der Waals surface area contributed by atoms with Gasteiger partial charge in [-0.3, -0.25) is 19.6 Å². The van der Waals surface area contributed by atoms with E-state index >= 15 is 0 Å². The second-order valence-electron chi connectivity index (χ2n) is 9.11. The van der Waals surface area contributed by atoms with E-state index in [1.807, 2.05) is 59.8 Å². The monoisotopic (exact) mass is 464 g/mol. The lowest BCUT2D eigenvalue weighted by molar-refractivity contribution is -0.140. The lowest BCUT2D eigenvalue weighted by atomic mass is 9.99. The molecule has 0 aromatic heterocycles. The van der Waals surface area contributed by atoms with Gasteiger partial charge in [-0.1, -0.05) is 29.8 Å². The fraction of sp³-hybridized carbons (Fsp3) is 0.500. The molecule has 1 aliphatic rings. The molecule has 0 spiro atoms. The highest BCUT2D eigenvalue weighted by Gasteiger charge is 2.36. The fourth-order valence-electron chi connectivity index (χ4n) is 4.18. The van der Waals surface area contributed by atoms with Crippen molar-refractivity contribution in [2.24, 2.45) is 15.9 Å². The quantitative estimate of drug-likeness (QED) is 0.525. The maximum Gasteiger partial charge on any atom is 0.243 e. The lowest BCUT2D eigenvalue weighted by Gasteiger charge is -2.28. The number of rotatable bonds is 8. The molecule has 34 heavy (non-hydrogen) atoms. The van der Waals surface area contributed by atoms with E-state index in [0.29, 0.717) is 13.0 Å². The summed E-state index contributed by atoms with van der Waals surface area (Å²) in [7, 11) is 1.74. The number of amides is 2. The summed E-state index contributed by atoms with van der Waals surface area (Å²) in [4.78, 5) is 36.6.